The third-order valence-corrected chi connectivity index (χ3v) is 1.92. The first-order valence-corrected chi connectivity index (χ1v) is 4.10. The molecule has 13 heavy (non-hydrogen) atoms. The standard InChI is InChI=1S/C9H12F2N2/c1-5(2)8(12)6-3-4-7(10)13-9(6)11/h3-5,8H,12H2,1-2H3/t8-/m0/s1. The molecule has 2 N–H and O–H groups in total. The lowest BCUT2D eigenvalue weighted by molar-refractivity contribution is 0.453. The summed E-state index contributed by atoms with van der Waals surface area (Å²) in [5.74, 6) is -1.54. The molecule has 0 aliphatic heterocycles. The highest BCUT2D eigenvalue weighted by molar-refractivity contribution is 5.16. The fourth-order valence-electron chi connectivity index (χ4n) is 1.03. The van der Waals surface area contributed by atoms with Crippen molar-refractivity contribution in [3.63, 3.8) is 0 Å². The predicted octanol–water partition coefficient (Wildman–Crippen LogP) is 2.02. The Morgan fingerprint density at radius 2 is 1.92 bits per heavy atom. The van der Waals surface area contributed by atoms with Gasteiger partial charge in [0.05, 0.1) is 0 Å². The zero-order valence-electron chi connectivity index (χ0n) is 7.59. The van der Waals surface area contributed by atoms with Crippen LogP contribution in [0.4, 0.5) is 8.78 Å². The Bertz CT molecular complexity index is 300. The van der Waals surface area contributed by atoms with Gasteiger partial charge in [0.15, 0.2) is 0 Å². The Hall–Kier alpha value is -1.03. The molecular weight excluding hydrogens is 174 g/mol. The SMILES string of the molecule is CC(C)[C@H](N)c1ccc(F)nc1F. The van der Waals surface area contributed by atoms with Crippen LogP contribution in [0.15, 0.2) is 12.1 Å². The molecule has 1 rings (SSSR count). The zero-order valence-corrected chi connectivity index (χ0v) is 7.59. The van der Waals surface area contributed by atoms with Crippen LogP contribution in [0.3, 0.4) is 0 Å². The molecular formula is C9H12F2N2. The van der Waals surface area contributed by atoms with Gasteiger partial charge >= 0.3 is 0 Å². The summed E-state index contributed by atoms with van der Waals surface area (Å²) in [6.07, 6.45) is 0. The first-order valence-electron chi connectivity index (χ1n) is 4.10. The molecule has 1 aromatic heterocycles. The van der Waals surface area contributed by atoms with Crippen LogP contribution < -0.4 is 5.73 Å². The third-order valence-electron chi connectivity index (χ3n) is 1.92. The number of nitrogens with two attached hydrogens (primary N) is 1. The summed E-state index contributed by atoms with van der Waals surface area (Å²) < 4.78 is 25.5. The molecule has 72 valence electrons. The van der Waals surface area contributed by atoms with Gasteiger partial charge in [0.1, 0.15) is 0 Å². The van der Waals surface area contributed by atoms with Crippen LogP contribution in [0.5, 0.6) is 0 Å². The summed E-state index contributed by atoms with van der Waals surface area (Å²) in [6, 6.07) is 2.01. The number of nitrogens with zero attached hydrogens (tertiary/aromatic N) is 1. The fraction of sp³-hybridized carbons (Fsp3) is 0.444. The molecule has 0 aliphatic rings. The maximum absolute atomic E-state index is 13.0. The Kier molecular flexibility index (Phi) is 2.93. The Morgan fingerprint density at radius 3 is 2.38 bits per heavy atom. The summed E-state index contributed by atoms with van der Waals surface area (Å²) in [6.45, 7) is 3.74. The molecule has 0 spiro atoms. The summed E-state index contributed by atoms with van der Waals surface area (Å²) in [4.78, 5) is 3.06. The summed E-state index contributed by atoms with van der Waals surface area (Å²) in [5, 5.41) is 0. The largest absolute Gasteiger partial charge is 0.324 e. The molecule has 0 aromatic carbocycles. The van der Waals surface area contributed by atoms with Crippen LogP contribution in [-0.4, -0.2) is 4.98 Å². The zero-order chi connectivity index (χ0) is 10.0. The van der Waals surface area contributed by atoms with E-state index in [0.717, 1.165) is 6.07 Å². The molecule has 0 radical (unpaired) electrons. The average molecular weight is 186 g/mol. The number of halogens is 2. The Labute approximate surface area is 75.8 Å². The van der Waals surface area contributed by atoms with E-state index in [2.05, 4.69) is 4.98 Å². The number of hydrogen-bond donors (Lipinski definition) is 1. The monoisotopic (exact) mass is 186 g/mol. The van der Waals surface area contributed by atoms with E-state index in [1.54, 1.807) is 0 Å². The van der Waals surface area contributed by atoms with Gasteiger partial charge in [0, 0.05) is 11.6 Å². The van der Waals surface area contributed by atoms with Gasteiger partial charge in [0.2, 0.25) is 11.9 Å². The predicted molar refractivity (Wildman–Crippen MR) is 45.9 cm³/mol. The fourth-order valence-corrected chi connectivity index (χ4v) is 1.03. The molecule has 0 saturated heterocycles. The maximum atomic E-state index is 13.0. The van der Waals surface area contributed by atoms with Crippen molar-refractivity contribution in [2.45, 2.75) is 19.9 Å². The van der Waals surface area contributed by atoms with Crippen molar-refractivity contribution in [2.24, 2.45) is 11.7 Å². The normalized spacial score (nSPS) is 13.4. The van der Waals surface area contributed by atoms with Gasteiger partial charge in [-0.2, -0.15) is 13.8 Å². The van der Waals surface area contributed by atoms with E-state index in [9.17, 15) is 8.78 Å². The van der Waals surface area contributed by atoms with Gasteiger partial charge in [-0.3, -0.25) is 0 Å². The van der Waals surface area contributed by atoms with Gasteiger partial charge in [-0.05, 0) is 18.1 Å². The van der Waals surface area contributed by atoms with Crippen LogP contribution in [0.1, 0.15) is 25.5 Å². The minimum absolute atomic E-state index is 0.0989. The summed E-state index contributed by atoms with van der Waals surface area (Å²) in [5.41, 5.74) is 5.95. The second-order valence-electron chi connectivity index (χ2n) is 3.28. The van der Waals surface area contributed by atoms with Crippen LogP contribution in [0, 0.1) is 17.8 Å². The van der Waals surface area contributed by atoms with E-state index < -0.39 is 17.9 Å². The number of aromatic nitrogens is 1. The minimum atomic E-state index is -0.822. The van der Waals surface area contributed by atoms with E-state index in [1.165, 1.54) is 6.07 Å². The van der Waals surface area contributed by atoms with Gasteiger partial charge in [-0.15, -0.1) is 0 Å². The molecule has 1 atom stereocenters. The Balaban J connectivity index is 3.01. The molecule has 0 unspecified atom stereocenters. The first kappa shape index (κ1) is 10.1. The first-order chi connectivity index (χ1) is 6.02. The van der Waals surface area contributed by atoms with Crippen molar-refractivity contribution < 1.29 is 8.78 Å². The van der Waals surface area contributed by atoms with Crippen LogP contribution >= 0.6 is 0 Å². The minimum Gasteiger partial charge on any atom is -0.324 e. The number of pyridine rings is 1. The molecule has 0 bridgehead atoms. The molecule has 1 heterocycles. The van der Waals surface area contributed by atoms with Crippen molar-refractivity contribution in [3.8, 4) is 0 Å². The van der Waals surface area contributed by atoms with E-state index in [1.807, 2.05) is 13.8 Å². The van der Waals surface area contributed by atoms with Crippen molar-refractivity contribution in [2.75, 3.05) is 0 Å². The number of rotatable bonds is 2. The molecule has 1 aromatic rings. The van der Waals surface area contributed by atoms with Crippen LogP contribution in [0.2, 0.25) is 0 Å². The third kappa shape index (κ3) is 2.21. The van der Waals surface area contributed by atoms with Crippen molar-refractivity contribution in [1.82, 2.24) is 4.98 Å². The molecule has 2 nitrogen and oxygen atoms in total. The number of hydrogen-bond acceptors (Lipinski definition) is 2. The molecule has 0 aliphatic carbocycles. The smallest absolute Gasteiger partial charge is 0.220 e. The van der Waals surface area contributed by atoms with Gasteiger partial charge in [-0.25, -0.2) is 0 Å². The molecule has 0 amide bonds. The highest BCUT2D eigenvalue weighted by Gasteiger charge is 2.16. The van der Waals surface area contributed by atoms with Gasteiger partial charge < -0.3 is 5.73 Å². The lowest BCUT2D eigenvalue weighted by Gasteiger charge is -2.15. The molecule has 0 fully saturated rings. The topological polar surface area (TPSA) is 38.9 Å². The highest BCUT2D eigenvalue weighted by Crippen LogP contribution is 2.20. The average Bonchev–Trinajstić information content (AvgIpc) is 2.03. The van der Waals surface area contributed by atoms with Crippen LogP contribution in [0.25, 0.3) is 0 Å². The van der Waals surface area contributed by atoms with Gasteiger partial charge in [-0.1, -0.05) is 13.8 Å². The lowest BCUT2D eigenvalue weighted by Crippen LogP contribution is -2.18. The highest BCUT2D eigenvalue weighted by atomic mass is 19.1. The maximum Gasteiger partial charge on any atom is 0.220 e. The summed E-state index contributed by atoms with van der Waals surface area (Å²) >= 11 is 0. The second kappa shape index (κ2) is 3.79. The van der Waals surface area contributed by atoms with E-state index >= 15 is 0 Å². The van der Waals surface area contributed by atoms with E-state index in [-0.39, 0.29) is 11.5 Å². The van der Waals surface area contributed by atoms with E-state index in [0.29, 0.717) is 0 Å². The van der Waals surface area contributed by atoms with Crippen molar-refractivity contribution >= 4 is 0 Å². The Morgan fingerprint density at radius 1 is 1.31 bits per heavy atom. The van der Waals surface area contributed by atoms with Gasteiger partial charge in [0.25, 0.3) is 0 Å². The lowest BCUT2D eigenvalue weighted by atomic mass is 9.98. The van der Waals surface area contributed by atoms with Crippen LogP contribution in [-0.2, 0) is 0 Å². The van der Waals surface area contributed by atoms with Crippen molar-refractivity contribution in [3.05, 3.63) is 29.6 Å². The molecule has 0 saturated carbocycles. The summed E-state index contributed by atoms with van der Waals surface area (Å²) in [7, 11) is 0. The van der Waals surface area contributed by atoms with E-state index in [4.69, 9.17) is 5.73 Å². The molecule has 4 heteroatoms. The quantitative estimate of drug-likeness (QED) is 0.717. The second-order valence-corrected chi connectivity index (χ2v) is 3.28. The van der Waals surface area contributed by atoms with Crippen molar-refractivity contribution in [1.29, 1.82) is 0 Å².